The molecule has 200 valence electrons. The topological polar surface area (TPSA) is 183 Å². The van der Waals surface area contributed by atoms with E-state index in [1.165, 1.54) is 12.1 Å². The van der Waals surface area contributed by atoms with Crippen LogP contribution in [0.5, 0.6) is 11.5 Å². The molecule has 7 atom stereocenters. The minimum Gasteiger partial charge on any atom is -0.504 e. The van der Waals surface area contributed by atoms with Crippen LogP contribution < -0.4 is 4.74 Å². The highest BCUT2D eigenvalue weighted by Crippen LogP contribution is 2.64. The molecule has 12 heteroatoms. The molecular weight excluding hydrogens is 490 g/mol. The minimum atomic E-state index is -2.39. The average molecular weight is 520 g/mol. The number of aliphatic carboxylic acids is 1. The van der Waals surface area contributed by atoms with Gasteiger partial charge < -0.3 is 44.6 Å². The quantitative estimate of drug-likeness (QED) is 0.300. The number of carboxylic acids is 1. The fraction of sp³-hybridized carbons (Fsp3) is 0.560. The summed E-state index contributed by atoms with van der Waals surface area (Å²) >= 11 is 0. The summed E-state index contributed by atoms with van der Waals surface area (Å²) in [5, 5.41) is 52.0. The van der Waals surface area contributed by atoms with Crippen molar-refractivity contribution in [2.45, 2.75) is 74.1 Å². The van der Waals surface area contributed by atoms with Gasteiger partial charge in [-0.15, -0.1) is 0 Å². The van der Waals surface area contributed by atoms with E-state index >= 15 is 0 Å². The van der Waals surface area contributed by atoms with E-state index in [-0.39, 0.29) is 29.7 Å². The summed E-state index contributed by atoms with van der Waals surface area (Å²) in [4.78, 5) is 37.8. The van der Waals surface area contributed by atoms with Crippen molar-refractivity contribution in [2.24, 2.45) is 0 Å². The van der Waals surface area contributed by atoms with Crippen molar-refractivity contribution in [1.29, 1.82) is 0 Å². The maximum absolute atomic E-state index is 12.8. The van der Waals surface area contributed by atoms with Gasteiger partial charge in [-0.2, -0.15) is 0 Å². The molecule has 37 heavy (non-hydrogen) atoms. The van der Waals surface area contributed by atoms with Gasteiger partial charge in [0.05, 0.1) is 11.0 Å². The van der Waals surface area contributed by atoms with Gasteiger partial charge >= 0.3 is 17.9 Å². The number of hydrogen-bond donors (Lipinski definition) is 5. The highest BCUT2D eigenvalue weighted by atomic mass is 16.6. The van der Waals surface area contributed by atoms with Crippen LogP contribution in [0.2, 0.25) is 0 Å². The van der Waals surface area contributed by atoms with Gasteiger partial charge in [0, 0.05) is 18.0 Å². The summed E-state index contributed by atoms with van der Waals surface area (Å²) < 4.78 is 16.1. The maximum Gasteiger partial charge on any atom is 0.344 e. The van der Waals surface area contributed by atoms with E-state index in [1.807, 2.05) is 7.05 Å². The van der Waals surface area contributed by atoms with Gasteiger partial charge in [0.2, 0.25) is 0 Å². The number of carboxylic acid groups (broad SMARTS) is 1. The smallest absolute Gasteiger partial charge is 0.344 e. The number of esters is 2. The third-order valence-corrected chi connectivity index (χ3v) is 8.22. The summed E-state index contributed by atoms with van der Waals surface area (Å²) in [6.45, 7) is 1.76. The molecule has 1 fully saturated rings. The van der Waals surface area contributed by atoms with Gasteiger partial charge in [-0.05, 0) is 57.5 Å². The molecule has 2 aliphatic carbocycles. The monoisotopic (exact) mass is 519 g/mol. The molecule has 12 nitrogen and oxygen atoms in total. The van der Waals surface area contributed by atoms with Crippen LogP contribution in [0.3, 0.4) is 0 Å². The van der Waals surface area contributed by atoms with Crippen molar-refractivity contribution in [3.63, 3.8) is 0 Å². The number of aromatic hydroxyl groups is 1. The molecule has 1 saturated heterocycles. The van der Waals surface area contributed by atoms with E-state index in [1.54, 1.807) is 6.07 Å². The van der Waals surface area contributed by atoms with Crippen LogP contribution >= 0.6 is 0 Å². The summed E-state index contributed by atoms with van der Waals surface area (Å²) in [6.07, 6.45) is -4.11. The number of benzene rings is 1. The zero-order valence-electron chi connectivity index (χ0n) is 20.3. The highest BCUT2D eigenvalue weighted by molar-refractivity contribution is 5.87. The lowest BCUT2D eigenvalue weighted by molar-refractivity contribution is -0.179. The first kappa shape index (κ1) is 25.5. The number of phenols is 1. The van der Waals surface area contributed by atoms with Crippen molar-refractivity contribution in [3.05, 3.63) is 35.1 Å². The fourth-order valence-corrected chi connectivity index (χ4v) is 6.42. The van der Waals surface area contributed by atoms with Crippen LogP contribution in [-0.2, 0) is 35.7 Å². The molecular formula is C25H29NO11. The molecule has 5 N–H and O–H groups in total. The molecule has 0 radical (unpaired) electrons. The number of likely N-dealkylation sites (tertiary alicyclic amines) is 1. The summed E-state index contributed by atoms with van der Waals surface area (Å²) in [5.74, 6) is -4.30. The maximum atomic E-state index is 12.8. The molecule has 0 amide bonds. The van der Waals surface area contributed by atoms with Crippen molar-refractivity contribution in [1.82, 2.24) is 4.90 Å². The summed E-state index contributed by atoms with van der Waals surface area (Å²) in [7, 11) is 1.94. The van der Waals surface area contributed by atoms with E-state index in [0.29, 0.717) is 31.4 Å². The highest BCUT2D eigenvalue weighted by Gasteiger charge is 2.71. The molecule has 2 aliphatic heterocycles. The molecule has 0 aromatic heterocycles. The second-order valence-corrected chi connectivity index (χ2v) is 10.2. The number of likely N-dealkylation sites (N-methyl/N-ethyl adjacent to an activating group) is 1. The third kappa shape index (κ3) is 3.54. The zero-order chi connectivity index (χ0) is 26.9. The van der Waals surface area contributed by atoms with E-state index in [4.69, 9.17) is 14.6 Å². The number of nitrogens with zero attached hydrogens (tertiary/aromatic N) is 1. The Labute approximate surface area is 211 Å². The number of carbonyl (C=O) groups is 3. The van der Waals surface area contributed by atoms with Crippen molar-refractivity contribution >= 4 is 17.9 Å². The Bertz CT molecular complexity index is 1200. The molecule has 1 aromatic rings. The van der Waals surface area contributed by atoms with Crippen LogP contribution in [0, 0.1) is 0 Å². The summed E-state index contributed by atoms with van der Waals surface area (Å²) in [5.41, 5.74) is -0.759. The van der Waals surface area contributed by atoms with Gasteiger partial charge in [-0.25, -0.2) is 14.4 Å². The normalized spacial score (nSPS) is 32.1. The Morgan fingerprint density at radius 3 is 2.59 bits per heavy atom. The Hall–Kier alpha value is -3.19. The number of carbonyl (C=O) groups excluding carboxylic acids is 2. The van der Waals surface area contributed by atoms with Gasteiger partial charge in [0.15, 0.2) is 35.9 Å². The van der Waals surface area contributed by atoms with Crippen molar-refractivity contribution < 1.29 is 54.1 Å². The average Bonchev–Trinajstić information content (AvgIpc) is 3.19. The lowest BCUT2D eigenvalue weighted by atomic mass is 9.52. The van der Waals surface area contributed by atoms with E-state index in [9.17, 15) is 34.8 Å². The largest absolute Gasteiger partial charge is 0.504 e. The second-order valence-electron chi connectivity index (χ2n) is 10.2. The SMILES string of the molecule is C[C@H](OC(=O)[C@H](O)[C@@H](O)C(=O)OC1=CC[C@@]2(O)[C@H]3Cc4ccc(O)c5c4[C@@]2(CCCN3C)[C@H]1O5)C(=O)O. The van der Waals surface area contributed by atoms with Crippen molar-refractivity contribution in [3.8, 4) is 11.5 Å². The van der Waals surface area contributed by atoms with Crippen LogP contribution in [0.4, 0.5) is 0 Å². The number of rotatable bonds is 6. The molecule has 5 rings (SSSR count). The Balaban J connectivity index is 1.46. The van der Waals surface area contributed by atoms with Gasteiger partial charge in [-0.3, -0.25) is 0 Å². The number of hydrogen-bond acceptors (Lipinski definition) is 11. The third-order valence-electron chi connectivity index (χ3n) is 8.22. The lowest BCUT2D eigenvalue weighted by Gasteiger charge is -2.56. The predicted octanol–water partition coefficient (Wildman–Crippen LogP) is -0.659. The Kier molecular flexibility index (Phi) is 5.98. The molecule has 2 bridgehead atoms. The lowest BCUT2D eigenvalue weighted by Crippen LogP contribution is -2.69. The van der Waals surface area contributed by atoms with E-state index < -0.39 is 53.3 Å². The fourth-order valence-electron chi connectivity index (χ4n) is 6.42. The summed E-state index contributed by atoms with van der Waals surface area (Å²) in [6, 6.07) is 3.06. The number of aliphatic hydroxyl groups excluding tert-OH is 2. The van der Waals surface area contributed by atoms with E-state index in [0.717, 1.165) is 12.5 Å². The Morgan fingerprint density at radius 1 is 1.19 bits per heavy atom. The van der Waals surface area contributed by atoms with E-state index in [2.05, 4.69) is 9.64 Å². The standard InChI is InChI=1S/C25H29NO11/c1-11(21(30)31)35-22(32)17(28)18(29)23(33)36-14-6-8-25(34)15-10-12-4-5-13(27)19-16(12)24(25,20(14)37-19)7-3-9-26(15)2/h4-6,11,15,17-18,20,27-29,34H,3,7-10H2,1-2H3,(H,30,31)/t11-,15+,17+,18+,20-,24-,25+/m0/s1. The zero-order valence-corrected chi connectivity index (χ0v) is 20.3. The first-order chi connectivity index (χ1) is 17.4. The van der Waals surface area contributed by atoms with Crippen LogP contribution in [0.15, 0.2) is 24.0 Å². The predicted molar refractivity (Wildman–Crippen MR) is 123 cm³/mol. The second kappa shape index (κ2) is 8.69. The van der Waals surface area contributed by atoms with Gasteiger partial charge in [0.25, 0.3) is 0 Å². The first-order valence-electron chi connectivity index (χ1n) is 12.1. The molecule has 4 aliphatic rings. The van der Waals surface area contributed by atoms with Crippen LogP contribution in [0.25, 0.3) is 0 Å². The number of aliphatic hydroxyl groups is 3. The minimum absolute atomic E-state index is 0.0278. The Morgan fingerprint density at radius 2 is 1.89 bits per heavy atom. The van der Waals surface area contributed by atoms with Crippen LogP contribution in [0.1, 0.15) is 37.3 Å². The first-order valence-corrected chi connectivity index (χ1v) is 12.1. The number of ether oxygens (including phenoxy) is 3. The molecule has 2 heterocycles. The molecule has 1 aromatic carbocycles. The molecule has 0 unspecified atom stereocenters. The van der Waals surface area contributed by atoms with Gasteiger partial charge in [-0.1, -0.05) is 6.07 Å². The number of phenolic OH excluding ortho intramolecular Hbond substituents is 1. The molecule has 0 saturated carbocycles. The van der Waals surface area contributed by atoms with Crippen LogP contribution in [-0.4, -0.2) is 98.0 Å². The molecule has 1 spiro atoms. The van der Waals surface area contributed by atoms with Crippen molar-refractivity contribution in [2.75, 3.05) is 13.6 Å². The van der Waals surface area contributed by atoms with Gasteiger partial charge in [0.1, 0.15) is 5.76 Å².